The van der Waals surface area contributed by atoms with Gasteiger partial charge in [-0.2, -0.15) is 0 Å². The van der Waals surface area contributed by atoms with Gasteiger partial charge in [0.25, 0.3) is 0 Å². The third kappa shape index (κ3) is 2.85. The van der Waals surface area contributed by atoms with Gasteiger partial charge in [0.1, 0.15) is 0 Å². The van der Waals surface area contributed by atoms with Gasteiger partial charge in [0.05, 0.1) is 5.04 Å². The molecule has 0 amide bonds. The summed E-state index contributed by atoms with van der Waals surface area (Å²) in [7, 11) is 0. The van der Waals surface area contributed by atoms with Gasteiger partial charge in [-0.15, -0.1) is 11.8 Å². The number of rotatable bonds is 4. The van der Waals surface area contributed by atoms with Crippen LogP contribution < -0.4 is 0 Å². The molecule has 3 nitrogen and oxygen atoms in total. The standard InChI is InChI=1S/C17H15NO2S/c19-16(20)17(11-13-7-3-1-4-8-13)12-21-15(18-17)14-9-5-2-6-10-14/h1-10H,11-12H2,(H,19,20). The van der Waals surface area contributed by atoms with E-state index < -0.39 is 11.5 Å². The van der Waals surface area contributed by atoms with Crippen LogP contribution in [0.15, 0.2) is 65.7 Å². The van der Waals surface area contributed by atoms with E-state index in [4.69, 9.17) is 0 Å². The number of thioether (sulfide) groups is 1. The molecular formula is C17H15NO2S. The van der Waals surface area contributed by atoms with Gasteiger partial charge in [-0.1, -0.05) is 60.7 Å². The summed E-state index contributed by atoms with van der Waals surface area (Å²) in [6, 6.07) is 19.4. The molecule has 1 unspecified atom stereocenters. The number of hydrogen-bond acceptors (Lipinski definition) is 3. The van der Waals surface area contributed by atoms with Gasteiger partial charge in [0.2, 0.25) is 0 Å². The quantitative estimate of drug-likeness (QED) is 0.942. The lowest BCUT2D eigenvalue weighted by molar-refractivity contribution is -0.142. The molecule has 1 aliphatic heterocycles. The molecule has 0 spiro atoms. The summed E-state index contributed by atoms with van der Waals surface area (Å²) in [6.45, 7) is 0. The minimum atomic E-state index is -1.06. The number of aliphatic imine (C=N–C) groups is 1. The van der Waals surface area contributed by atoms with Crippen LogP contribution in [0.5, 0.6) is 0 Å². The van der Waals surface area contributed by atoms with E-state index in [1.54, 1.807) is 0 Å². The molecule has 0 radical (unpaired) electrons. The van der Waals surface area contributed by atoms with Gasteiger partial charge in [-0.05, 0) is 5.56 Å². The van der Waals surface area contributed by atoms with Crippen LogP contribution in [-0.4, -0.2) is 27.4 Å². The van der Waals surface area contributed by atoms with Crippen molar-refractivity contribution in [2.24, 2.45) is 4.99 Å². The maximum atomic E-state index is 11.8. The van der Waals surface area contributed by atoms with Crippen molar-refractivity contribution in [3.63, 3.8) is 0 Å². The number of carboxylic acid groups (broad SMARTS) is 1. The largest absolute Gasteiger partial charge is 0.479 e. The molecule has 1 aliphatic rings. The highest BCUT2D eigenvalue weighted by Crippen LogP contribution is 2.34. The molecule has 0 aliphatic carbocycles. The highest BCUT2D eigenvalue weighted by Gasteiger charge is 2.43. The highest BCUT2D eigenvalue weighted by molar-refractivity contribution is 8.14. The number of nitrogens with zero attached hydrogens (tertiary/aromatic N) is 1. The van der Waals surface area contributed by atoms with Gasteiger partial charge in [-0.25, -0.2) is 4.79 Å². The van der Waals surface area contributed by atoms with E-state index in [1.807, 2.05) is 60.7 Å². The average Bonchev–Trinajstić information content (AvgIpc) is 2.95. The molecule has 3 rings (SSSR count). The Kier molecular flexibility index (Phi) is 3.80. The zero-order chi connectivity index (χ0) is 14.7. The van der Waals surface area contributed by atoms with E-state index in [9.17, 15) is 9.90 Å². The van der Waals surface area contributed by atoms with Gasteiger partial charge in [0, 0.05) is 17.7 Å². The molecule has 1 atom stereocenters. The maximum absolute atomic E-state index is 11.8. The van der Waals surface area contributed by atoms with Crippen molar-refractivity contribution in [1.29, 1.82) is 0 Å². The molecule has 0 saturated carbocycles. The molecule has 1 heterocycles. The average molecular weight is 297 g/mol. The van der Waals surface area contributed by atoms with Crippen LogP contribution in [0, 0.1) is 0 Å². The van der Waals surface area contributed by atoms with Gasteiger partial charge < -0.3 is 5.11 Å². The van der Waals surface area contributed by atoms with Crippen LogP contribution in [0.1, 0.15) is 11.1 Å². The Bertz CT molecular complexity index is 670. The summed E-state index contributed by atoms with van der Waals surface area (Å²) in [5.41, 5.74) is 0.925. The number of carboxylic acids is 1. The first-order valence-electron chi connectivity index (χ1n) is 6.75. The first-order chi connectivity index (χ1) is 10.2. The van der Waals surface area contributed by atoms with Crippen LogP contribution in [0.2, 0.25) is 0 Å². The van der Waals surface area contributed by atoms with E-state index in [0.29, 0.717) is 12.2 Å². The monoisotopic (exact) mass is 297 g/mol. The zero-order valence-corrected chi connectivity index (χ0v) is 12.2. The molecule has 2 aromatic rings. The van der Waals surface area contributed by atoms with Crippen LogP contribution in [0.4, 0.5) is 0 Å². The molecule has 0 bridgehead atoms. The molecule has 1 N–H and O–H groups in total. The second kappa shape index (κ2) is 5.74. The fourth-order valence-corrected chi connectivity index (χ4v) is 3.59. The summed E-state index contributed by atoms with van der Waals surface area (Å²) in [5.74, 6) is -0.383. The van der Waals surface area contributed by atoms with E-state index in [2.05, 4.69) is 4.99 Å². The van der Waals surface area contributed by atoms with Crippen molar-refractivity contribution in [2.75, 3.05) is 5.75 Å². The van der Waals surface area contributed by atoms with Crippen molar-refractivity contribution < 1.29 is 9.90 Å². The smallest absolute Gasteiger partial charge is 0.332 e. The zero-order valence-electron chi connectivity index (χ0n) is 11.4. The second-order valence-electron chi connectivity index (χ2n) is 5.07. The van der Waals surface area contributed by atoms with Crippen LogP contribution in [0.25, 0.3) is 0 Å². The normalized spacial score (nSPS) is 21.0. The first-order valence-corrected chi connectivity index (χ1v) is 7.74. The van der Waals surface area contributed by atoms with Crippen molar-refractivity contribution in [3.8, 4) is 0 Å². The van der Waals surface area contributed by atoms with Crippen molar-refractivity contribution in [2.45, 2.75) is 12.0 Å². The number of benzene rings is 2. The Hall–Kier alpha value is -2.07. The SMILES string of the molecule is O=C(O)C1(Cc2ccccc2)CSC(c2ccccc2)=N1. The number of hydrogen-bond donors (Lipinski definition) is 1. The fraction of sp³-hybridized carbons (Fsp3) is 0.176. The van der Waals surface area contributed by atoms with E-state index in [1.165, 1.54) is 11.8 Å². The fourth-order valence-electron chi connectivity index (χ4n) is 2.38. The van der Waals surface area contributed by atoms with Crippen molar-refractivity contribution >= 4 is 22.8 Å². The predicted molar refractivity (Wildman–Crippen MR) is 85.9 cm³/mol. The lowest BCUT2D eigenvalue weighted by atomic mass is 9.93. The molecule has 0 saturated heterocycles. The number of carbonyl (C=O) groups is 1. The lowest BCUT2D eigenvalue weighted by Gasteiger charge is -2.20. The summed E-state index contributed by atoms with van der Waals surface area (Å²) >= 11 is 1.52. The summed E-state index contributed by atoms with van der Waals surface area (Å²) in [6.07, 6.45) is 0.423. The molecule has 4 heteroatoms. The second-order valence-corrected chi connectivity index (χ2v) is 6.03. The van der Waals surface area contributed by atoms with Crippen molar-refractivity contribution in [1.82, 2.24) is 0 Å². The van der Waals surface area contributed by atoms with E-state index in [-0.39, 0.29) is 0 Å². The number of aliphatic carboxylic acids is 1. The third-order valence-electron chi connectivity index (χ3n) is 3.52. The Balaban J connectivity index is 1.93. The summed E-state index contributed by atoms with van der Waals surface area (Å²) < 4.78 is 0. The van der Waals surface area contributed by atoms with Gasteiger partial charge in [-0.3, -0.25) is 4.99 Å². The Morgan fingerprint density at radius 1 is 1.10 bits per heavy atom. The molecular weight excluding hydrogens is 282 g/mol. The predicted octanol–water partition coefficient (Wildman–Crippen LogP) is 3.25. The molecule has 0 fully saturated rings. The van der Waals surface area contributed by atoms with Gasteiger partial charge in [0.15, 0.2) is 5.54 Å². The maximum Gasteiger partial charge on any atom is 0.332 e. The first kappa shape index (κ1) is 13.9. The third-order valence-corrected chi connectivity index (χ3v) is 4.74. The van der Waals surface area contributed by atoms with Crippen molar-refractivity contribution in [3.05, 3.63) is 71.8 Å². The van der Waals surface area contributed by atoms with Crippen LogP contribution in [-0.2, 0) is 11.2 Å². The molecule has 106 valence electrons. The van der Waals surface area contributed by atoms with Crippen LogP contribution >= 0.6 is 11.8 Å². The highest BCUT2D eigenvalue weighted by atomic mass is 32.2. The van der Waals surface area contributed by atoms with E-state index in [0.717, 1.165) is 16.2 Å². The van der Waals surface area contributed by atoms with E-state index >= 15 is 0 Å². The Labute approximate surface area is 127 Å². The summed E-state index contributed by atoms with van der Waals surface area (Å²) in [4.78, 5) is 16.3. The lowest BCUT2D eigenvalue weighted by Crippen LogP contribution is -2.39. The minimum absolute atomic E-state index is 0.423. The topological polar surface area (TPSA) is 49.7 Å². The summed E-state index contributed by atoms with van der Waals surface area (Å²) in [5, 5.41) is 10.5. The molecule has 2 aromatic carbocycles. The Morgan fingerprint density at radius 3 is 2.33 bits per heavy atom. The molecule has 0 aromatic heterocycles. The minimum Gasteiger partial charge on any atom is -0.479 e. The Morgan fingerprint density at radius 2 is 1.71 bits per heavy atom. The van der Waals surface area contributed by atoms with Crippen LogP contribution in [0.3, 0.4) is 0 Å². The van der Waals surface area contributed by atoms with Gasteiger partial charge >= 0.3 is 5.97 Å². The molecule has 21 heavy (non-hydrogen) atoms.